The van der Waals surface area contributed by atoms with Gasteiger partial charge in [0.1, 0.15) is 0 Å². The van der Waals surface area contributed by atoms with Crippen LogP contribution < -0.4 is 0 Å². The topological polar surface area (TPSA) is 75.2 Å². The number of hydrogen-bond donors (Lipinski definition) is 2. The van der Waals surface area contributed by atoms with E-state index in [4.69, 9.17) is 4.74 Å². The number of thioether (sulfide) groups is 1. The summed E-state index contributed by atoms with van der Waals surface area (Å²) in [6, 6.07) is 0. The Balaban J connectivity index is 2.18. The Kier molecular flexibility index (Phi) is 5.20. The molecule has 1 rings (SSSR count). The predicted molar refractivity (Wildman–Crippen MR) is 56.6 cm³/mol. The quantitative estimate of drug-likeness (QED) is 0.559. The Morgan fingerprint density at radius 1 is 1.80 bits per heavy atom. The number of hydrogen-bond acceptors (Lipinski definition) is 5. The molecule has 2 N–H and O–H groups in total. The van der Waals surface area contributed by atoms with Crippen molar-refractivity contribution in [3.8, 4) is 0 Å². The van der Waals surface area contributed by atoms with E-state index in [0.717, 1.165) is 5.16 Å². The van der Waals surface area contributed by atoms with Crippen LogP contribution in [0.3, 0.4) is 0 Å². The molecule has 0 fully saturated rings. The summed E-state index contributed by atoms with van der Waals surface area (Å²) < 4.78 is 4.72. The highest BCUT2D eigenvalue weighted by Crippen LogP contribution is 2.14. The summed E-state index contributed by atoms with van der Waals surface area (Å²) in [7, 11) is 0. The van der Waals surface area contributed by atoms with Gasteiger partial charge in [-0.1, -0.05) is 11.8 Å². The number of rotatable bonds is 6. The van der Waals surface area contributed by atoms with E-state index < -0.39 is 6.10 Å². The van der Waals surface area contributed by atoms with E-state index in [1.54, 1.807) is 19.3 Å². The average molecular weight is 230 g/mol. The lowest BCUT2D eigenvalue weighted by Crippen LogP contribution is -2.17. The van der Waals surface area contributed by atoms with Crippen molar-refractivity contribution in [3.05, 3.63) is 12.4 Å². The number of aliphatic hydroxyl groups is 1. The normalized spacial score (nSPS) is 12.4. The van der Waals surface area contributed by atoms with Gasteiger partial charge in [0.25, 0.3) is 0 Å². The first kappa shape index (κ1) is 12.1. The molecular formula is C9H14N2O3S. The van der Waals surface area contributed by atoms with Gasteiger partial charge in [0.15, 0.2) is 5.16 Å². The molecule has 0 aliphatic rings. The third-order valence-electron chi connectivity index (χ3n) is 1.59. The Morgan fingerprint density at radius 2 is 2.60 bits per heavy atom. The summed E-state index contributed by atoms with van der Waals surface area (Å²) in [6.07, 6.45) is 2.68. The molecule has 1 aromatic rings. The molecule has 0 saturated carbocycles. The van der Waals surface area contributed by atoms with Gasteiger partial charge in [-0.25, -0.2) is 4.98 Å². The van der Waals surface area contributed by atoms with Crippen LogP contribution in [-0.4, -0.2) is 39.5 Å². The van der Waals surface area contributed by atoms with Crippen LogP contribution in [0.25, 0.3) is 0 Å². The van der Waals surface area contributed by atoms with E-state index in [2.05, 4.69) is 9.97 Å². The fourth-order valence-corrected chi connectivity index (χ4v) is 1.73. The third kappa shape index (κ3) is 4.85. The fourth-order valence-electron chi connectivity index (χ4n) is 0.976. The van der Waals surface area contributed by atoms with Crippen molar-refractivity contribution in [2.24, 2.45) is 0 Å². The highest BCUT2D eigenvalue weighted by Gasteiger charge is 2.12. The van der Waals surface area contributed by atoms with Crippen LogP contribution in [0.5, 0.6) is 0 Å². The summed E-state index contributed by atoms with van der Waals surface area (Å²) in [5, 5.41) is 10.2. The number of carbonyl (C=O) groups excluding carboxylic acids is 1. The number of esters is 1. The Bertz CT molecular complexity index is 290. The molecule has 0 aliphatic heterocycles. The van der Waals surface area contributed by atoms with Crippen molar-refractivity contribution < 1.29 is 14.6 Å². The second kappa shape index (κ2) is 6.47. The molecule has 1 heterocycles. The lowest BCUT2D eigenvalue weighted by Gasteiger charge is -2.07. The molecule has 0 bridgehead atoms. The standard InChI is InChI=1S/C9H14N2O3S/c1-2-14-8(13)5-7(12)6-15-9-10-3-4-11-9/h3-4,7,12H,2,5-6H2,1H3,(H,10,11). The van der Waals surface area contributed by atoms with E-state index in [1.807, 2.05) is 0 Å². The van der Waals surface area contributed by atoms with Gasteiger partial charge in [0.2, 0.25) is 0 Å². The highest BCUT2D eigenvalue weighted by atomic mass is 32.2. The first-order valence-electron chi connectivity index (χ1n) is 4.68. The summed E-state index contributed by atoms with van der Waals surface area (Å²) >= 11 is 1.37. The van der Waals surface area contributed by atoms with Gasteiger partial charge in [-0.3, -0.25) is 4.79 Å². The van der Waals surface area contributed by atoms with E-state index in [9.17, 15) is 9.90 Å². The largest absolute Gasteiger partial charge is 0.466 e. The number of H-pyrrole nitrogens is 1. The molecule has 0 amide bonds. The maximum atomic E-state index is 11.0. The monoisotopic (exact) mass is 230 g/mol. The maximum Gasteiger partial charge on any atom is 0.308 e. The van der Waals surface area contributed by atoms with Crippen LogP contribution in [-0.2, 0) is 9.53 Å². The molecule has 5 nitrogen and oxygen atoms in total. The summed E-state index contributed by atoms with van der Waals surface area (Å²) in [6.45, 7) is 2.08. The van der Waals surface area contributed by atoms with Gasteiger partial charge < -0.3 is 14.8 Å². The lowest BCUT2D eigenvalue weighted by atomic mass is 10.3. The zero-order valence-corrected chi connectivity index (χ0v) is 9.29. The second-order valence-corrected chi connectivity index (χ2v) is 3.88. The van der Waals surface area contributed by atoms with Crippen LogP contribution in [0.15, 0.2) is 17.6 Å². The molecular weight excluding hydrogens is 216 g/mol. The van der Waals surface area contributed by atoms with Crippen LogP contribution in [0.4, 0.5) is 0 Å². The van der Waals surface area contributed by atoms with Crippen LogP contribution in [0.2, 0.25) is 0 Å². The number of aromatic nitrogens is 2. The van der Waals surface area contributed by atoms with Crippen molar-refractivity contribution >= 4 is 17.7 Å². The van der Waals surface area contributed by atoms with E-state index in [-0.39, 0.29) is 12.4 Å². The van der Waals surface area contributed by atoms with Gasteiger partial charge in [0.05, 0.1) is 19.1 Å². The zero-order chi connectivity index (χ0) is 11.1. The molecule has 0 aromatic carbocycles. The maximum absolute atomic E-state index is 11.0. The first-order valence-corrected chi connectivity index (χ1v) is 5.66. The molecule has 0 saturated heterocycles. The number of carbonyl (C=O) groups is 1. The average Bonchev–Trinajstić information content (AvgIpc) is 2.67. The number of nitrogens with zero attached hydrogens (tertiary/aromatic N) is 1. The molecule has 1 unspecified atom stereocenters. The molecule has 1 atom stereocenters. The second-order valence-electron chi connectivity index (χ2n) is 2.87. The van der Waals surface area contributed by atoms with Crippen molar-refractivity contribution in [3.63, 3.8) is 0 Å². The third-order valence-corrected chi connectivity index (χ3v) is 2.64. The smallest absolute Gasteiger partial charge is 0.308 e. The molecule has 1 aromatic heterocycles. The minimum atomic E-state index is -0.695. The molecule has 0 aliphatic carbocycles. The minimum absolute atomic E-state index is 0.0293. The Labute approximate surface area is 92.2 Å². The number of aliphatic hydroxyl groups excluding tert-OH is 1. The van der Waals surface area contributed by atoms with E-state index in [0.29, 0.717) is 12.4 Å². The Hall–Kier alpha value is -1.01. The first-order chi connectivity index (χ1) is 7.22. The van der Waals surface area contributed by atoms with Gasteiger partial charge in [0, 0.05) is 18.1 Å². The molecule has 0 radical (unpaired) electrons. The molecule has 84 valence electrons. The van der Waals surface area contributed by atoms with Gasteiger partial charge in [-0.15, -0.1) is 0 Å². The van der Waals surface area contributed by atoms with Crippen LogP contribution in [0, 0.1) is 0 Å². The van der Waals surface area contributed by atoms with Crippen molar-refractivity contribution in [1.82, 2.24) is 9.97 Å². The molecule has 6 heteroatoms. The van der Waals surface area contributed by atoms with Crippen molar-refractivity contribution in [2.75, 3.05) is 12.4 Å². The highest BCUT2D eigenvalue weighted by molar-refractivity contribution is 7.99. The fraction of sp³-hybridized carbons (Fsp3) is 0.556. The number of aromatic amines is 1. The lowest BCUT2D eigenvalue weighted by molar-refractivity contribution is -0.144. The molecule has 0 spiro atoms. The number of imidazole rings is 1. The van der Waals surface area contributed by atoms with Gasteiger partial charge in [-0.05, 0) is 6.92 Å². The summed E-state index contributed by atoms with van der Waals surface area (Å²) in [5.74, 6) is 0.0526. The van der Waals surface area contributed by atoms with Crippen LogP contribution >= 0.6 is 11.8 Å². The van der Waals surface area contributed by atoms with Gasteiger partial charge >= 0.3 is 5.97 Å². The Morgan fingerprint density at radius 3 is 3.20 bits per heavy atom. The van der Waals surface area contributed by atoms with Crippen molar-refractivity contribution in [1.29, 1.82) is 0 Å². The SMILES string of the molecule is CCOC(=O)CC(O)CSc1ncc[nH]1. The minimum Gasteiger partial charge on any atom is -0.466 e. The predicted octanol–water partition coefficient (Wildman–Crippen LogP) is 0.816. The summed E-state index contributed by atoms with van der Waals surface area (Å²) in [4.78, 5) is 17.9. The number of ether oxygens (including phenoxy) is 1. The zero-order valence-electron chi connectivity index (χ0n) is 8.47. The van der Waals surface area contributed by atoms with Crippen LogP contribution in [0.1, 0.15) is 13.3 Å². The van der Waals surface area contributed by atoms with Crippen molar-refractivity contribution in [2.45, 2.75) is 24.6 Å². The number of nitrogens with one attached hydrogen (secondary N) is 1. The molecule has 15 heavy (non-hydrogen) atoms. The van der Waals surface area contributed by atoms with E-state index >= 15 is 0 Å². The summed E-state index contributed by atoms with van der Waals surface area (Å²) in [5.41, 5.74) is 0. The van der Waals surface area contributed by atoms with Gasteiger partial charge in [-0.2, -0.15) is 0 Å². The van der Waals surface area contributed by atoms with E-state index in [1.165, 1.54) is 11.8 Å².